The van der Waals surface area contributed by atoms with Crippen LogP contribution in [0, 0.1) is 26.7 Å². The largest absolute Gasteiger partial charge is 0.507 e. The molecule has 5 rings (SSSR count). The van der Waals surface area contributed by atoms with Crippen LogP contribution in [-0.2, 0) is 6.42 Å². The Labute approximate surface area is 217 Å². The molecule has 2 aliphatic heterocycles. The maximum Gasteiger partial charge on any atom is 0.127 e. The zero-order valence-corrected chi connectivity index (χ0v) is 22.4. The van der Waals surface area contributed by atoms with Crippen molar-refractivity contribution in [2.45, 2.75) is 77.9 Å². The van der Waals surface area contributed by atoms with Crippen molar-refractivity contribution in [3.8, 4) is 11.5 Å². The first-order valence-electron chi connectivity index (χ1n) is 13.7. The van der Waals surface area contributed by atoms with E-state index in [0.717, 1.165) is 54.8 Å². The first-order chi connectivity index (χ1) is 17.4. The number of nitrogens with zero attached hydrogens (tertiary/aromatic N) is 1. The van der Waals surface area contributed by atoms with Crippen molar-refractivity contribution in [1.29, 1.82) is 0 Å². The van der Waals surface area contributed by atoms with Gasteiger partial charge in [-0.15, -0.1) is 0 Å². The lowest BCUT2D eigenvalue weighted by atomic mass is 9.80. The summed E-state index contributed by atoms with van der Waals surface area (Å²) in [5.41, 5.74) is 6.86. The summed E-state index contributed by atoms with van der Waals surface area (Å²) in [6.45, 7) is 10.7. The minimum atomic E-state index is -0.147. The van der Waals surface area contributed by atoms with Crippen LogP contribution in [0.4, 0.5) is 0 Å². The molecule has 3 aromatic carbocycles. The van der Waals surface area contributed by atoms with E-state index >= 15 is 0 Å². The molecule has 2 aliphatic rings. The van der Waals surface area contributed by atoms with Crippen LogP contribution in [0.2, 0.25) is 0 Å². The zero-order valence-electron chi connectivity index (χ0n) is 22.4. The summed E-state index contributed by atoms with van der Waals surface area (Å²) in [4.78, 5) is 2.70. The molecule has 2 unspecified atom stereocenters. The molecule has 2 atom stereocenters. The smallest absolute Gasteiger partial charge is 0.127 e. The van der Waals surface area contributed by atoms with Gasteiger partial charge in [-0.3, -0.25) is 4.90 Å². The van der Waals surface area contributed by atoms with Gasteiger partial charge in [0, 0.05) is 5.56 Å². The van der Waals surface area contributed by atoms with Gasteiger partial charge in [-0.1, -0.05) is 60.7 Å². The third-order valence-electron chi connectivity index (χ3n) is 8.79. The topological polar surface area (TPSA) is 32.7 Å². The van der Waals surface area contributed by atoms with Gasteiger partial charge in [-0.2, -0.15) is 0 Å². The average Bonchev–Trinajstić information content (AvgIpc) is 3.12. The van der Waals surface area contributed by atoms with Gasteiger partial charge < -0.3 is 9.84 Å². The monoisotopic (exact) mass is 483 g/mol. The molecule has 0 spiro atoms. The van der Waals surface area contributed by atoms with E-state index in [1.165, 1.54) is 36.0 Å². The first kappa shape index (κ1) is 24.9. The zero-order chi connectivity index (χ0) is 25.3. The molecular formula is C33H41NO2. The van der Waals surface area contributed by atoms with Gasteiger partial charge in [0.15, 0.2) is 0 Å². The third-order valence-corrected chi connectivity index (χ3v) is 8.79. The molecule has 1 fully saturated rings. The van der Waals surface area contributed by atoms with Gasteiger partial charge in [0.05, 0.1) is 6.04 Å². The fraction of sp³-hybridized carbons (Fsp3) is 0.455. The Hall–Kier alpha value is -2.78. The normalized spacial score (nSPS) is 22.6. The molecular weight excluding hydrogens is 442 g/mol. The molecule has 0 amide bonds. The molecule has 36 heavy (non-hydrogen) atoms. The quantitative estimate of drug-likeness (QED) is 0.404. The van der Waals surface area contributed by atoms with Crippen LogP contribution in [-0.4, -0.2) is 28.7 Å². The second-order valence-electron chi connectivity index (χ2n) is 11.3. The van der Waals surface area contributed by atoms with Crippen LogP contribution in [0.15, 0.2) is 60.7 Å². The van der Waals surface area contributed by atoms with E-state index in [9.17, 15) is 5.11 Å². The van der Waals surface area contributed by atoms with Crippen molar-refractivity contribution in [3.05, 3.63) is 94.0 Å². The summed E-state index contributed by atoms with van der Waals surface area (Å²) in [7, 11) is 0. The maximum atomic E-state index is 10.5. The van der Waals surface area contributed by atoms with E-state index in [1.807, 2.05) is 13.8 Å². The van der Waals surface area contributed by atoms with Crippen LogP contribution in [0.5, 0.6) is 11.5 Å². The van der Waals surface area contributed by atoms with Crippen molar-refractivity contribution in [2.24, 2.45) is 5.92 Å². The van der Waals surface area contributed by atoms with Crippen LogP contribution >= 0.6 is 0 Å². The lowest BCUT2D eigenvalue weighted by molar-refractivity contribution is 0.0357. The highest BCUT2D eigenvalue weighted by atomic mass is 16.5. The summed E-state index contributed by atoms with van der Waals surface area (Å²) in [5.74, 6) is 2.13. The van der Waals surface area contributed by atoms with Crippen LogP contribution < -0.4 is 4.74 Å². The number of likely N-dealkylation sites (tertiary alicyclic amines) is 1. The Morgan fingerprint density at radius 1 is 0.889 bits per heavy atom. The second-order valence-corrected chi connectivity index (χ2v) is 11.3. The van der Waals surface area contributed by atoms with Crippen molar-refractivity contribution in [1.82, 2.24) is 4.90 Å². The fourth-order valence-electron chi connectivity index (χ4n) is 6.58. The van der Waals surface area contributed by atoms with Crippen molar-refractivity contribution >= 4 is 0 Å². The van der Waals surface area contributed by atoms with E-state index in [2.05, 4.69) is 79.4 Å². The van der Waals surface area contributed by atoms with Crippen LogP contribution in [0.1, 0.15) is 78.5 Å². The van der Waals surface area contributed by atoms with Crippen molar-refractivity contribution in [2.75, 3.05) is 13.1 Å². The summed E-state index contributed by atoms with van der Waals surface area (Å²) in [5, 5.41) is 10.5. The minimum Gasteiger partial charge on any atom is -0.507 e. The standard InChI is InChI=1S/C33H41NO2/c1-23-24(2)32-29(25(3)31(23)35)17-19-33(4,36-32)22-26-12-11-20-34(21-18-26)30(27-13-7-5-8-14-27)28-15-9-6-10-16-28/h5-10,13-16,26,30,35H,11-12,17-22H2,1-4H3. The summed E-state index contributed by atoms with van der Waals surface area (Å²) >= 11 is 0. The highest BCUT2D eigenvalue weighted by Crippen LogP contribution is 2.45. The van der Waals surface area contributed by atoms with Crippen LogP contribution in [0.25, 0.3) is 0 Å². The van der Waals surface area contributed by atoms with E-state index in [1.54, 1.807) is 0 Å². The summed E-state index contributed by atoms with van der Waals surface area (Å²) in [6, 6.07) is 22.3. The first-order valence-corrected chi connectivity index (χ1v) is 13.7. The molecule has 0 aliphatic carbocycles. The van der Waals surface area contributed by atoms with E-state index in [0.29, 0.717) is 17.7 Å². The van der Waals surface area contributed by atoms with Gasteiger partial charge >= 0.3 is 0 Å². The molecule has 0 radical (unpaired) electrons. The number of rotatable bonds is 5. The molecule has 0 aromatic heterocycles. The average molecular weight is 484 g/mol. The van der Waals surface area contributed by atoms with Gasteiger partial charge in [0.1, 0.15) is 17.1 Å². The van der Waals surface area contributed by atoms with Gasteiger partial charge in [0.2, 0.25) is 0 Å². The lowest BCUT2D eigenvalue weighted by Crippen LogP contribution is -2.39. The number of benzene rings is 3. The molecule has 3 nitrogen and oxygen atoms in total. The number of phenols is 1. The number of fused-ring (bicyclic) bond motifs is 1. The Morgan fingerprint density at radius 2 is 1.53 bits per heavy atom. The number of aromatic hydroxyl groups is 1. The van der Waals surface area contributed by atoms with Crippen LogP contribution in [0.3, 0.4) is 0 Å². The Morgan fingerprint density at radius 3 is 2.17 bits per heavy atom. The van der Waals surface area contributed by atoms with Crippen molar-refractivity contribution < 1.29 is 9.84 Å². The second kappa shape index (κ2) is 10.3. The van der Waals surface area contributed by atoms with Gasteiger partial charge in [-0.05, 0) is 113 Å². The lowest BCUT2D eigenvalue weighted by Gasteiger charge is -2.40. The predicted molar refractivity (Wildman–Crippen MR) is 148 cm³/mol. The molecule has 0 bridgehead atoms. The van der Waals surface area contributed by atoms with Gasteiger partial charge in [-0.25, -0.2) is 0 Å². The highest BCUT2D eigenvalue weighted by molar-refractivity contribution is 5.58. The van der Waals surface area contributed by atoms with Gasteiger partial charge in [0.25, 0.3) is 0 Å². The maximum absolute atomic E-state index is 10.5. The molecule has 1 saturated heterocycles. The summed E-state index contributed by atoms with van der Waals surface area (Å²) < 4.78 is 6.80. The molecule has 3 heteroatoms. The highest BCUT2D eigenvalue weighted by Gasteiger charge is 2.37. The SMILES string of the molecule is Cc1c(C)c2c(c(C)c1O)CCC(C)(CC1CCCN(C(c3ccccc3)c3ccccc3)CC1)O2. The third kappa shape index (κ3) is 4.91. The minimum absolute atomic E-state index is 0.147. The van der Waals surface area contributed by atoms with Crippen molar-refractivity contribution in [3.63, 3.8) is 0 Å². The number of phenolic OH excluding ortho intramolecular Hbond substituents is 1. The Kier molecular flexibility index (Phi) is 7.12. The summed E-state index contributed by atoms with van der Waals surface area (Å²) in [6.07, 6.45) is 6.77. The predicted octanol–water partition coefficient (Wildman–Crippen LogP) is 7.68. The van der Waals surface area contributed by atoms with E-state index in [4.69, 9.17) is 4.74 Å². The molecule has 0 saturated carbocycles. The molecule has 1 N–H and O–H groups in total. The molecule has 2 heterocycles. The molecule has 190 valence electrons. The Bertz CT molecular complexity index is 1150. The number of ether oxygens (including phenoxy) is 1. The molecule has 3 aromatic rings. The number of hydrogen-bond donors (Lipinski definition) is 1. The van der Waals surface area contributed by atoms with E-state index < -0.39 is 0 Å². The number of hydrogen-bond acceptors (Lipinski definition) is 3. The van der Waals surface area contributed by atoms with E-state index in [-0.39, 0.29) is 5.60 Å². The fourth-order valence-corrected chi connectivity index (χ4v) is 6.58. The Balaban J connectivity index is 1.31.